The molecule has 2 nitrogen and oxygen atoms in total. The molecule has 0 aromatic heterocycles. The normalized spacial score (nSPS) is 26.8. The summed E-state index contributed by atoms with van der Waals surface area (Å²) in [6.07, 6.45) is 2.54. The topological polar surface area (TPSA) is 20.3 Å². The van der Waals surface area contributed by atoms with E-state index < -0.39 is 11.6 Å². The number of halogens is 2. The van der Waals surface area contributed by atoms with Crippen LogP contribution in [0.3, 0.4) is 0 Å². The number of nitrogens with zero attached hydrogens (tertiary/aromatic N) is 1. The van der Waals surface area contributed by atoms with Gasteiger partial charge in [-0.2, -0.15) is 0 Å². The van der Waals surface area contributed by atoms with E-state index in [4.69, 9.17) is 0 Å². The number of aryl methyl sites for hydroxylation is 1. The summed E-state index contributed by atoms with van der Waals surface area (Å²) >= 11 is 0. The van der Waals surface area contributed by atoms with Crippen LogP contribution in [0.15, 0.2) is 12.1 Å². The number of carbonyl (C=O) groups excluding carboxylic acids is 1. The van der Waals surface area contributed by atoms with Crippen LogP contribution in [0.4, 0.5) is 14.5 Å². The number of hydrogen-bond acceptors (Lipinski definition) is 2. The summed E-state index contributed by atoms with van der Waals surface area (Å²) in [5.74, 6) is -0.794. The van der Waals surface area contributed by atoms with Crippen LogP contribution < -0.4 is 4.90 Å². The molecule has 0 amide bonds. The number of piperidine rings is 1. The van der Waals surface area contributed by atoms with Gasteiger partial charge in [0.1, 0.15) is 17.3 Å². The molecule has 96 valence electrons. The van der Waals surface area contributed by atoms with E-state index in [1.807, 2.05) is 0 Å². The van der Waals surface area contributed by atoms with Crippen molar-refractivity contribution in [1.29, 1.82) is 0 Å². The molecular formula is C14H15F2NO. The molecule has 2 heterocycles. The molecule has 0 N–H and O–H groups in total. The maximum absolute atomic E-state index is 14.2. The Kier molecular flexibility index (Phi) is 2.61. The summed E-state index contributed by atoms with van der Waals surface area (Å²) in [4.78, 5) is 13.3. The van der Waals surface area contributed by atoms with Gasteiger partial charge < -0.3 is 4.90 Å². The third-order valence-corrected chi connectivity index (χ3v) is 4.06. The lowest BCUT2D eigenvalue weighted by molar-refractivity contribution is -0.120. The van der Waals surface area contributed by atoms with Crippen molar-refractivity contribution < 1.29 is 13.6 Å². The highest BCUT2D eigenvalue weighted by molar-refractivity contribution is 5.83. The van der Waals surface area contributed by atoms with E-state index in [-0.39, 0.29) is 23.6 Å². The molecule has 2 saturated heterocycles. The van der Waals surface area contributed by atoms with E-state index in [2.05, 4.69) is 0 Å². The van der Waals surface area contributed by atoms with Crippen molar-refractivity contribution in [1.82, 2.24) is 0 Å². The Morgan fingerprint density at radius 2 is 1.78 bits per heavy atom. The van der Waals surface area contributed by atoms with Crippen LogP contribution >= 0.6 is 0 Å². The number of benzene rings is 1. The molecule has 3 rings (SSSR count). The molecule has 4 heteroatoms. The maximum atomic E-state index is 14.2. The molecule has 0 spiro atoms. The van der Waals surface area contributed by atoms with Gasteiger partial charge in [-0.05, 0) is 31.4 Å². The molecule has 18 heavy (non-hydrogen) atoms. The van der Waals surface area contributed by atoms with Gasteiger partial charge in [-0.15, -0.1) is 0 Å². The van der Waals surface area contributed by atoms with E-state index in [0.29, 0.717) is 18.4 Å². The number of fused-ring (bicyclic) bond motifs is 2. The lowest BCUT2D eigenvalue weighted by Crippen LogP contribution is -2.44. The van der Waals surface area contributed by atoms with Crippen LogP contribution in [0.5, 0.6) is 0 Å². The number of ketones is 1. The van der Waals surface area contributed by atoms with Crippen molar-refractivity contribution in [2.24, 2.45) is 0 Å². The smallest absolute Gasteiger partial charge is 0.152 e. The van der Waals surface area contributed by atoms with Gasteiger partial charge in [-0.25, -0.2) is 8.78 Å². The molecule has 0 radical (unpaired) electrons. The second-order valence-corrected chi connectivity index (χ2v) is 5.27. The van der Waals surface area contributed by atoms with Crippen molar-refractivity contribution >= 4 is 11.5 Å². The average molecular weight is 251 g/mol. The first-order valence-electron chi connectivity index (χ1n) is 6.32. The summed E-state index contributed by atoms with van der Waals surface area (Å²) in [5, 5.41) is 0. The highest BCUT2D eigenvalue weighted by Gasteiger charge is 2.42. The standard InChI is InChI=1S/C14H15F2NO/c1-8-2-5-12(15)14(13(8)16)17-9-3-4-10(17)7-11(18)6-9/h2,5,9-10H,3-4,6-7H2,1H3. The lowest BCUT2D eigenvalue weighted by Gasteiger charge is -2.36. The van der Waals surface area contributed by atoms with Crippen LogP contribution in [0.25, 0.3) is 0 Å². The van der Waals surface area contributed by atoms with Crippen molar-refractivity contribution in [2.45, 2.75) is 44.7 Å². The highest BCUT2D eigenvalue weighted by Crippen LogP contribution is 2.40. The van der Waals surface area contributed by atoms with Crippen LogP contribution in [0.1, 0.15) is 31.2 Å². The summed E-state index contributed by atoms with van der Waals surface area (Å²) in [6.45, 7) is 1.63. The average Bonchev–Trinajstić information content (AvgIpc) is 2.58. The number of carbonyl (C=O) groups is 1. The molecular weight excluding hydrogens is 236 g/mol. The number of anilines is 1. The quantitative estimate of drug-likeness (QED) is 0.764. The Balaban J connectivity index is 2.06. The summed E-state index contributed by atoms with van der Waals surface area (Å²) in [6, 6.07) is 2.71. The zero-order chi connectivity index (χ0) is 12.9. The molecule has 0 aliphatic carbocycles. The van der Waals surface area contributed by atoms with Gasteiger partial charge >= 0.3 is 0 Å². The minimum atomic E-state index is -0.524. The fourth-order valence-corrected chi connectivity index (χ4v) is 3.21. The van der Waals surface area contributed by atoms with Crippen LogP contribution in [0, 0.1) is 18.6 Å². The Morgan fingerprint density at radius 3 is 2.39 bits per heavy atom. The SMILES string of the molecule is Cc1ccc(F)c(N2C3CCC2CC(=O)C3)c1F. The third kappa shape index (κ3) is 1.62. The second kappa shape index (κ2) is 4.04. The van der Waals surface area contributed by atoms with E-state index >= 15 is 0 Å². The van der Waals surface area contributed by atoms with E-state index in [1.165, 1.54) is 12.1 Å². The zero-order valence-corrected chi connectivity index (χ0v) is 10.2. The van der Waals surface area contributed by atoms with Gasteiger partial charge in [0, 0.05) is 24.9 Å². The fourth-order valence-electron chi connectivity index (χ4n) is 3.21. The van der Waals surface area contributed by atoms with Gasteiger partial charge in [0.25, 0.3) is 0 Å². The van der Waals surface area contributed by atoms with Crippen LogP contribution in [-0.2, 0) is 4.79 Å². The Labute approximate surface area is 105 Å². The minimum absolute atomic E-state index is 0.0259. The van der Waals surface area contributed by atoms with Gasteiger partial charge in [-0.3, -0.25) is 4.79 Å². The lowest BCUT2D eigenvalue weighted by atomic mass is 9.99. The van der Waals surface area contributed by atoms with Gasteiger partial charge in [0.05, 0.1) is 0 Å². The Morgan fingerprint density at radius 1 is 1.17 bits per heavy atom. The number of hydrogen-bond donors (Lipinski definition) is 0. The van der Waals surface area contributed by atoms with Crippen molar-refractivity contribution in [3.8, 4) is 0 Å². The molecule has 1 aromatic rings. The molecule has 0 saturated carbocycles. The summed E-state index contributed by atoms with van der Waals surface area (Å²) in [5.41, 5.74) is 0.512. The van der Waals surface area contributed by atoms with Gasteiger partial charge in [0.2, 0.25) is 0 Å². The predicted octanol–water partition coefficient (Wildman–Crippen LogP) is 2.97. The first kappa shape index (κ1) is 11.6. The van der Waals surface area contributed by atoms with Crippen molar-refractivity contribution in [2.75, 3.05) is 4.90 Å². The molecule has 2 atom stereocenters. The predicted molar refractivity (Wildman–Crippen MR) is 64.6 cm³/mol. The van der Waals surface area contributed by atoms with E-state index in [1.54, 1.807) is 11.8 Å². The summed E-state index contributed by atoms with van der Waals surface area (Å²) < 4.78 is 28.1. The van der Waals surface area contributed by atoms with Gasteiger partial charge in [-0.1, -0.05) is 6.07 Å². The van der Waals surface area contributed by atoms with Gasteiger partial charge in [0.15, 0.2) is 5.82 Å². The van der Waals surface area contributed by atoms with Crippen molar-refractivity contribution in [3.63, 3.8) is 0 Å². The molecule has 2 fully saturated rings. The number of rotatable bonds is 1. The molecule has 2 aliphatic heterocycles. The molecule has 1 aromatic carbocycles. The zero-order valence-electron chi connectivity index (χ0n) is 10.2. The maximum Gasteiger partial charge on any atom is 0.152 e. The second-order valence-electron chi connectivity index (χ2n) is 5.27. The van der Waals surface area contributed by atoms with Crippen LogP contribution in [-0.4, -0.2) is 17.9 Å². The summed E-state index contributed by atoms with van der Waals surface area (Å²) in [7, 11) is 0. The largest absolute Gasteiger partial charge is 0.360 e. The monoisotopic (exact) mass is 251 g/mol. The minimum Gasteiger partial charge on any atom is -0.360 e. The molecule has 2 aliphatic rings. The highest BCUT2D eigenvalue weighted by atomic mass is 19.1. The molecule has 2 bridgehead atoms. The first-order chi connectivity index (χ1) is 8.58. The van der Waals surface area contributed by atoms with E-state index in [9.17, 15) is 13.6 Å². The Bertz CT molecular complexity index is 499. The third-order valence-electron chi connectivity index (χ3n) is 4.06. The van der Waals surface area contributed by atoms with Crippen molar-refractivity contribution in [3.05, 3.63) is 29.3 Å². The van der Waals surface area contributed by atoms with Crippen LogP contribution in [0.2, 0.25) is 0 Å². The molecule has 2 unspecified atom stereocenters. The Hall–Kier alpha value is -1.45. The first-order valence-corrected chi connectivity index (χ1v) is 6.32. The van der Waals surface area contributed by atoms with E-state index in [0.717, 1.165) is 12.8 Å². The fraction of sp³-hybridized carbons (Fsp3) is 0.500. The number of Topliss-reactive ketones (excluding diaryl/α,β-unsaturated/α-hetero) is 1.